The highest BCUT2D eigenvalue weighted by atomic mass is 16.5. The number of unbranched alkanes of at least 4 members (excludes halogenated alkanes) is 2. The van der Waals surface area contributed by atoms with Gasteiger partial charge in [-0.15, -0.1) is 0 Å². The first-order chi connectivity index (χ1) is 8.31. The summed E-state index contributed by atoms with van der Waals surface area (Å²) >= 11 is 0. The fourth-order valence-corrected chi connectivity index (χ4v) is 2.62. The van der Waals surface area contributed by atoms with Gasteiger partial charge in [-0.3, -0.25) is 4.90 Å². The van der Waals surface area contributed by atoms with Gasteiger partial charge in [-0.2, -0.15) is 0 Å². The van der Waals surface area contributed by atoms with Crippen molar-refractivity contribution in [2.24, 2.45) is 0 Å². The maximum atomic E-state index is 5.09. The number of nitrogens with zero attached hydrogens (tertiary/aromatic N) is 1. The number of ether oxygens (including phenoxy) is 1. The predicted octanol–water partition coefficient (Wildman–Crippen LogP) is 2.27. The number of nitrogens with one attached hydrogen (secondary N) is 1. The number of methoxy groups -OCH3 is 1. The molecule has 17 heavy (non-hydrogen) atoms. The molecule has 1 aliphatic heterocycles. The average Bonchev–Trinajstić information content (AvgIpc) is 2.38. The van der Waals surface area contributed by atoms with Gasteiger partial charge < -0.3 is 10.1 Å². The lowest BCUT2D eigenvalue weighted by atomic mass is 10.0. The molecule has 3 nitrogen and oxygen atoms in total. The summed E-state index contributed by atoms with van der Waals surface area (Å²) in [4.78, 5) is 2.69. The Hall–Kier alpha value is -0.120. The molecule has 0 saturated carbocycles. The molecule has 0 aromatic rings. The van der Waals surface area contributed by atoms with Crippen LogP contribution in [0.2, 0.25) is 0 Å². The maximum absolute atomic E-state index is 5.09. The molecule has 1 saturated heterocycles. The third kappa shape index (κ3) is 5.36. The van der Waals surface area contributed by atoms with Crippen molar-refractivity contribution in [2.75, 3.05) is 33.4 Å². The molecule has 0 aliphatic carbocycles. The quantitative estimate of drug-likeness (QED) is 0.661. The van der Waals surface area contributed by atoms with Crippen LogP contribution in [0.15, 0.2) is 0 Å². The second kappa shape index (κ2) is 8.90. The Morgan fingerprint density at radius 2 is 2.00 bits per heavy atom. The van der Waals surface area contributed by atoms with Gasteiger partial charge in [0.05, 0.1) is 0 Å². The van der Waals surface area contributed by atoms with Gasteiger partial charge in [0, 0.05) is 38.9 Å². The predicted molar refractivity (Wildman–Crippen MR) is 73.5 cm³/mol. The van der Waals surface area contributed by atoms with E-state index in [1.807, 2.05) is 0 Å². The summed E-state index contributed by atoms with van der Waals surface area (Å²) in [6, 6.07) is 1.46. The largest absolute Gasteiger partial charge is 0.385 e. The molecule has 102 valence electrons. The first kappa shape index (κ1) is 14.9. The van der Waals surface area contributed by atoms with Gasteiger partial charge in [0.25, 0.3) is 0 Å². The molecule has 3 heteroatoms. The molecule has 2 atom stereocenters. The van der Waals surface area contributed by atoms with Crippen LogP contribution < -0.4 is 5.32 Å². The molecule has 1 rings (SSSR count). The number of piperazine rings is 1. The molecule has 0 radical (unpaired) electrons. The van der Waals surface area contributed by atoms with E-state index in [-0.39, 0.29) is 0 Å². The first-order valence-electron chi connectivity index (χ1n) is 7.28. The van der Waals surface area contributed by atoms with Crippen LogP contribution in [0, 0.1) is 0 Å². The van der Waals surface area contributed by atoms with Crippen molar-refractivity contribution in [3.05, 3.63) is 0 Å². The molecule has 0 aromatic carbocycles. The molecular weight excluding hydrogens is 212 g/mol. The van der Waals surface area contributed by atoms with Gasteiger partial charge in [0.15, 0.2) is 0 Å². The van der Waals surface area contributed by atoms with Crippen molar-refractivity contribution in [1.82, 2.24) is 10.2 Å². The zero-order chi connectivity index (χ0) is 12.5. The Morgan fingerprint density at radius 1 is 1.18 bits per heavy atom. The van der Waals surface area contributed by atoms with E-state index in [2.05, 4.69) is 24.1 Å². The zero-order valence-electron chi connectivity index (χ0n) is 11.9. The van der Waals surface area contributed by atoms with E-state index in [0.29, 0.717) is 6.04 Å². The standard InChI is InChI=1S/C14H30N2O/c1-4-13-12-16(14(5-2)11-15-13)9-7-6-8-10-17-3/h13-15H,4-12H2,1-3H3. The molecule has 0 aromatic heterocycles. The SMILES string of the molecule is CCC1CN(CCCCCOC)C(CC)CN1. The third-order valence-corrected chi connectivity index (χ3v) is 3.87. The van der Waals surface area contributed by atoms with Crippen LogP contribution in [0.25, 0.3) is 0 Å². The monoisotopic (exact) mass is 242 g/mol. The molecule has 1 heterocycles. The van der Waals surface area contributed by atoms with Crippen molar-refractivity contribution in [3.63, 3.8) is 0 Å². The van der Waals surface area contributed by atoms with Crippen LogP contribution in [0.3, 0.4) is 0 Å². The molecule has 0 amide bonds. The van der Waals surface area contributed by atoms with Crippen LogP contribution in [-0.4, -0.2) is 50.3 Å². The Morgan fingerprint density at radius 3 is 2.65 bits per heavy atom. The normalized spacial score (nSPS) is 26.3. The summed E-state index contributed by atoms with van der Waals surface area (Å²) in [5.41, 5.74) is 0. The van der Waals surface area contributed by atoms with Crippen molar-refractivity contribution in [1.29, 1.82) is 0 Å². The average molecular weight is 242 g/mol. The Labute approximate surface area is 107 Å². The molecule has 2 unspecified atom stereocenters. The lowest BCUT2D eigenvalue weighted by molar-refractivity contribution is 0.120. The second-order valence-electron chi connectivity index (χ2n) is 5.12. The highest BCUT2D eigenvalue weighted by molar-refractivity contribution is 4.84. The number of hydrogen-bond acceptors (Lipinski definition) is 3. The van der Waals surface area contributed by atoms with E-state index in [0.717, 1.165) is 12.6 Å². The maximum Gasteiger partial charge on any atom is 0.0462 e. The van der Waals surface area contributed by atoms with Crippen LogP contribution >= 0.6 is 0 Å². The number of rotatable bonds is 8. The Bertz CT molecular complexity index is 187. The van der Waals surface area contributed by atoms with Crippen molar-refractivity contribution in [3.8, 4) is 0 Å². The van der Waals surface area contributed by atoms with E-state index >= 15 is 0 Å². The molecule has 0 bridgehead atoms. The lowest BCUT2D eigenvalue weighted by Crippen LogP contribution is -2.56. The first-order valence-corrected chi connectivity index (χ1v) is 7.28. The smallest absolute Gasteiger partial charge is 0.0462 e. The van der Waals surface area contributed by atoms with Gasteiger partial charge in [0.2, 0.25) is 0 Å². The third-order valence-electron chi connectivity index (χ3n) is 3.87. The Kier molecular flexibility index (Phi) is 7.82. The minimum atomic E-state index is 0.705. The van der Waals surface area contributed by atoms with Crippen molar-refractivity contribution in [2.45, 2.75) is 58.0 Å². The van der Waals surface area contributed by atoms with Crippen LogP contribution in [0.4, 0.5) is 0 Å². The molecule has 1 fully saturated rings. The Balaban J connectivity index is 2.21. The van der Waals surface area contributed by atoms with Crippen molar-refractivity contribution < 1.29 is 4.74 Å². The van der Waals surface area contributed by atoms with E-state index in [9.17, 15) is 0 Å². The van der Waals surface area contributed by atoms with E-state index < -0.39 is 0 Å². The van der Waals surface area contributed by atoms with Gasteiger partial charge in [0.1, 0.15) is 0 Å². The van der Waals surface area contributed by atoms with Crippen LogP contribution in [0.1, 0.15) is 46.0 Å². The molecular formula is C14H30N2O. The van der Waals surface area contributed by atoms with Gasteiger partial charge in [-0.1, -0.05) is 13.8 Å². The summed E-state index contributed by atoms with van der Waals surface area (Å²) in [7, 11) is 1.79. The zero-order valence-corrected chi connectivity index (χ0v) is 11.9. The molecule has 1 aliphatic rings. The van der Waals surface area contributed by atoms with Gasteiger partial charge in [-0.25, -0.2) is 0 Å². The molecule has 1 N–H and O–H groups in total. The minimum absolute atomic E-state index is 0.705. The highest BCUT2D eigenvalue weighted by Crippen LogP contribution is 2.13. The van der Waals surface area contributed by atoms with E-state index in [1.165, 1.54) is 51.7 Å². The van der Waals surface area contributed by atoms with Gasteiger partial charge >= 0.3 is 0 Å². The fourth-order valence-electron chi connectivity index (χ4n) is 2.62. The van der Waals surface area contributed by atoms with E-state index in [4.69, 9.17) is 4.74 Å². The lowest BCUT2D eigenvalue weighted by Gasteiger charge is -2.40. The van der Waals surface area contributed by atoms with Crippen molar-refractivity contribution >= 4 is 0 Å². The summed E-state index contributed by atoms with van der Waals surface area (Å²) in [6.45, 7) is 9.17. The summed E-state index contributed by atoms with van der Waals surface area (Å²) in [6.07, 6.45) is 6.33. The van der Waals surface area contributed by atoms with Crippen LogP contribution in [0.5, 0.6) is 0 Å². The van der Waals surface area contributed by atoms with Gasteiger partial charge in [-0.05, 0) is 38.6 Å². The summed E-state index contributed by atoms with van der Waals surface area (Å²) in [5, 5.41) is 3.65. The number of hydrogen-bond donors (Lipinski definition) is 1. The fraction of sp³-hybridized carbons (Fsp3) is 1.00. The van der Waals surface area contributed by atoms with Crippen LogP contribution in [-0.2, 0) is 4.74 Å². The molecule has 0 spiro atoms. The highest BCUT2D eigenvalue weighted by Gasteiger charge is 2.24. The minimum Gasteiger partial charge on any atom is -0.385 e. The van der Waals surface area contributed by atoms with E-state index in [1.54, 1.807) is 7.11 Å². The topological polar surface area (TPSA) is 24.5 Å². The second-order valence-corrected chi connectivity index (χ2v) is 5.12. The summed E-state index contributed by atoms with van der Waals surface area (Å²) < 4.78 is 5.09. The summed E-state index contributed by atoms with van der Waals surface area (Å²) in [5.74, 6) is 0.